The Morgan fingerprint density at radius 1 is 0.966 bits per heavy atom. The Balaban J connectivity index is 1.67. The molecule has 2 aromatic heterocycles. The average molecular weight is 388 g/mol. The summed E-state index contributed by atoms with van der Waals surface area (Å²) in [5.41, 5.74) is 3.37. The molecule has 1 aromatic carbocycles. The van der Waals surface area contributed by atoms with Gasteiger partial charge in [0.1, 0.15) is 11.4 Å². The first-order valence-corrected chi connectivity index (χ1v) is 9.59. The zero-order valence-electron chi connectivity index (χ0n) is 16.6. The van der Waals surface area contributed by atoms with E-state index in [0.29, 0.717) is 6.54 Å². The Morgan fingerprint density at radius 2 is 1.69 bits per heavy atom. The van der Waals surface area contributed by atoms with Gasteiger partial charge in [-0.05, 0) is 54.3 Å². The average Bonchev–Trinajstić information content (AvgIpc) is 2.78. The summed E-state index contributed by atoms with van der Waals surface area (Å²) in [4.78, 5) is 35.2. The Bertz CT molecular complexity index is 989. The fourth-order valence-electron chi connectivity index (χ4n) is 2.96. The maximum atomic E-state index is 12.7. The molecule has 0 aliphatic carbocycles. The highest BCUT2D eigenvalue weighted by Gasteiger charge is 2.16. The van der Waals surface area contributed by atoms with Crippen molar-refractivity contribution < 1.29 is 9.59 Å². The fraction of sp³-hybridized carbons (Fsp3) is 0.217. The first-order chi connectivity index (χ1) is 14.1. The summed E-state index contributed by atoms with van der Waals surface area (Å²) < 4.78 is 0. The second-order valence-corrected chi connectivity index (χ2v) is 6.71. The van der Waals surface area contributed by atoms with Gasteiger partial charge in [-0.25, -0.2) is 4.98 Å². The number of nitrogens with one attached hydrogen (secondary N) is 1. The molecule has 2 heterocycles. The first kappa shape index (κ1) is 20.2. The summed E-state index contributed by atoms with van der Waals surface area (Å²) in [5.74, 6) is -0.553. The van der Waals surface area contributed by atoms with Gasteiger partial charge in [0.25, 0.3) is 11.8 Å². The van der Waals surface area contributed by atoms with E-state index >= 15 is 0 Å². The zero-order chi connectivity index (χ0) is 20.6. The highest BCUT2D eigenvalue weighted by Crippen LogP contribution is 2.16. The lowest BCUT2D eigenvalue weighted by Crippen LogP contribution is -2.30. The van der Waals surface area contributed by atoms with Gasteiger partial charge >= 0.3 is 0 Å². The van der Waals surface area contributed by atoms with Crippen molar-refractivity contribution >= 4 is 17.5 Å². The summed E-state index contributed by atoms with van der Waals surface area (Å²) in [6.07, 6.45) is 5.00. The molecule has 2 amide bonds. The van der Waals surface area contributed by atoms with Gasteiger partial charge in [-0.2, -0.15) is 0 Å². The molecule has 0 saturated carbocycles. The summed E-state index contributed by atoms with van der Waals surface area (Å²) >= 11 is 0. The second kappa shape index (κ2) is 9.59. The van der Waals surface area contributed by atoms with E-state index in [0.717, 1.165) is 29.7 Å². The molecule has 0 aliphatic heterocycles. The molecule has 3 aromatic rings. The number of likely N-dealkylation sites (N-methyl/N-ethyl adjacent to an activating group) is 1. The minimum Gasteiger partial charge on any atom is -0.340 e. The lowest BCUT2D eigenvalue weighted by atomic mass is 10.1. The van der Waals surface area contributed by atoms with Crippen LogP contribution in [-0.2, 0) is 12.8 Å². The van der Waals surface area contributed by atoms with Gasteiger partial charge in [0.2, 0.25) is 0 Å². The zero-order valence-corrected chi connectivity index (χ0v) is 16.6. The summed E-state index contributed by atoms with van der Waals surface area (Å²) in [6, 6.07) is 16.4. The van der Waals surface area contributed by atoms with Gasteiger partial charge in [-0.15, -0.1) is 0 Å². The quantitative estimate of drug-likeness (QED) is 0.671. The van der Waals surface area contributed by atoms with Crippen LogP contribution in [0, 0.1) is 0 Å². The number of aromatic nitrogens is 2. The van der Waals surface area contributed by atoms with E-state index in [2.05, 4.69) is 15.3 Å². The van der Waals surface area contributed by atoms with Crippen molar-refractivity contribution in [3.8, 4) is 0 Å². The van der Waals surface area contributed by atoms with Crippen molar-refractivity contribution in [2.24, 2.45) is 0 Å². The number of benzene rings is 1. The summed E-state index contributed by atoms with van der Waals surface area (Å²) in [6.45, 7) is 2.58. The first-order valence-electron chi connectivity index (χ1n) is 9.59. The second-order valence-electron chi connectivity index (χ2n) is 6.71. The van der Waals surface area contributed by atoms with Gasteiger partial charge in [-0.1, -0.05) is 31.2 Å². The molecular weight excluding hydrogens is 364 g/mol. The Hall–Kier alpha value is -3.54. The summed E-state index contributed by atoms with van der Waals surface area (Å²) in [7, 11) is 1.73. The van der Waals surface area contributed by atoms with Crippen molar-refractivity contribution in [2.45, 2.75) is 19.8 Å². The molecule has 0 radical (unpaired) electrons. The van der Waals surface area contributed by atoms with Crippen LogP contribution in [0.15, 0.2) is 67.0 Å². The highest BCUT2D eigenvalue weighted by atomic mass is 16.2. The molecule has 1 N–H and O–H groups in total. The standard InChI is InChI=1S/C23H24N4O2/c1-3-18-7-4-5-8-19(18)26-22(28)20-9-6-10-21(25-20)23(29)27(2)16-13-17-11-14-24-15-12-17/h4-12,14-15H,3,13,16H2,1-2H3,(H,26,28). The highest BCUT2D eigenvalue weighted by molar-refractivity contribution is 6.04. The third-order valence-electron chi connectivity index (χ3n) is 4.68. The third-order valence-corrected chi connectivity index (χ3v) is 4.68. The van der Waals surface area contributed by atoms with Crippen LogP contribution in [0.5, 0.6) is 0 Å². The van der Waals surface area contributed by atoms with Crippen LogP contribution >= 0.6 is 0 Å². The molecule has 0 unspecified atom stereocenters. The van der Waals surface area contributed by atoms with E-state index in [4.69, 9.17) is 0 Å². The largest absolute Gasteiger partial charge is 0.340 e. The van der Waals surface area contributed by atoms with Crippen molar-refractivity contribution in [1.29, 1.82) is 0 Å². The topological polar surface area (TPSA) is 75.2 Å². The smallest absolute Gasteiger partial charge is 0.274 e. The molecule has 0 bridgehead atoms. The fourth-order valence-corrected chi connectivity index (χ4v) is 2.96. The molecule has 0 spiro atoms. The third kappa shape index (κ3) is 5.25. The van der Waals surface area contributed by atoms with E-state index in [9.17, 15) is 9.59 Å². The minimum atomic E-state index is -0.333. The van der Waals surface area contributed by atoms with Gasteiger partial charge in [0.15, 0.2) is 0 Å². The predicted molar refractivity (Wildman–Crippen MR) is 113 cm³/mol. The number of para-hydroxylation sites is 1. The Labute approximate surface area is 170 Å². The molecule has 0 aliphatic rings. The number of hydrogen-bond donors (Lipinski definition) is 1. The molecule has 0 saturated heterocycles. The van der Waals surface area contributed by atoms with Crippen molar-refractivity contribution in [2.75, 3.05) is 18.9 Å². The lowest BCUT2D eigenvalue weighted by molar-refractivity contribution is 0.0790. The van der Waals surface area contributed by atoms with E-state index in [1.807, 2.05) is 43.3 Å². The Morgan fingerprint density at radius 3 is 2.45 bits per heavy atom. The van der Waals surface area contributed by atoms with E-state index < -0.39 is 0 Å². The van der Waals surface area contributed by atoms with E-state index in [1.165, 1.54) is 0 Å². The minimum absolute atomic E-state index is 0.212. The monoisotopic (exact) mass is 388 g/mol. The van der Waals surface area contributed by atoms with Crippen LogP contribution < -0.4 is 5.32 Å². The van der Waals surface area contributed by atoms with Gasteiger partial charge < -0.3 is 10.2 Å². The van der Waals surface area contributed by atoms with Crippen molar-refractivity contribution in [3.05, 3.63) is 89.5 Å². The van der Waals surface area contributed by atoms with Crippen LogP contribution in [0.4, 0.5) is 5.69 Å². The van der Waals surface area contributed by atoms with Crippen LogP contribution in [0.3, 0.4) is 0 Å². The number of rotatable bonds is 7. The maximum Gasteiger partial charge on any atom is 0.274 e. The predicted octanol–water partition coefficient (Wildman–Crippen LogP) is 3.61. The molecule has 6 heteroatoms. The van der Waals surface area contributed by atoms with Crippen molar-refractivity contribution in [3.63, 3.8) is 0 Å². The molecular formula is C23H24N4O2. The van der Waals surface area contributed by atoms with Gasteiger partial charge in [-0.3, -0.25) is 14.6 Å². The van der Waals surface area contributed by atoms with Crippen LogP contribution in [0.25, 0.3) is 0 Å². The van der Waals surface area contributed by atoms with Gasteiger partial charge in [0.05, 0.1) is 0 Å². The number of amides is 2. The van der Waals surface area contributed by atoms with Gasteiger partial charge in [0, 0.05) is 31.7 Å². The summed E-state index contributed by atoms with van der Waals surface area (Å²) in [5, 5.41) is 2.89. The van der Waals surface area contributed by atoms with Crippen LogP contribution in [0.2, 0.25) is 0 Å². The lowest BCUT2D eigenvalue weighted by Gasteiger charge is -2.17. The SMILES string of the molecule is CCc1ccccc1NC(=O)c1cccc(C(=O)N(C)CCc2ccncc2)n1. The Kier molecular flexibility index (Phi) is 6.68. The molecule has 0 fully saturated rings. The number of nitrogens with zero attached hydrogens (tertiary/aromatic N) is 3. The van der Waals surface area contributed by atoms with E-state index in [1.54, 1.807) is 42.5 Å². The number of pyridine rings is 2. The van der Waals surface area contributed by atoms with E-state index in [-0.39, 0.29) is 23.2 Å². The molecule has 29 heavy (non-hydrogen) atoms. The molecule has 6 nitrogen and oxygen atoms in total. The van der Waals surface area contributed by atoms with Crippen molar-refractivity contribution in [1.82, 2.24) is 14.9 Å². The number of hydrogen-bond acceptors (Lipinski definition) is 4. The van der Waals surface area contributed by atoms with Crippen LogP contribution in [0.1, 0.15) is 39.0 Å². The number of carbonyl (C=O) groups is 2. The molecule has 0 atom stereocenters. The molecule has 3 rings (SSSR count). The number of carbonyl (C=O) groups excluding carboxylic acids is 2. The number of aryl methyl sites for hydroxylation is 1. The van der Waals surface area contributed by atoms with Crippen LogP contribution in [-0.4, -0.2) is 40.3 Å². The normalized spacial score (nSPS) is 10.4. The maximum absolute atomic E-state index is 12.7. The number of anilines is 1. The molecule has 148 valence electrons.